The zero-order chi connectivity index (χ0) is 13.5. The Morgan fingerprint density at radius 2 is 2.05 bits per heavy atom. The second-order valence-electron chi connectivity index (χ2n) is 5.40. The van der Waals surface area contributed by atoms with Crippen molar-refractivity contribution in [2.24, 2.45) is 5.92 Å². The minimum absolute atomic E-state index is 0.107. The van der Waals surface area contributed by atoms with Crippen LogP contribution in [0.1, 0.15) is 37.7 Å². The highest BCUT2D eigenvalue weighted by atomic mass is 16.3. The van der Waals surface area contributed by atoms with E-state index in [1.807, 2.05) is 18.2 Å². The quantitative estimate of drug-likeness (QED) is 0.825. The molecule has 2 N–H and O–H groups in total. The molecule has 0 saturated heterocycles. The van der Waals surface area contributed by atoms with Gasteiger partial charge in [-0.1, -0.05) is 36.8 Å². The van der Waals surface area contributed by atoms with Crippen LogP contribution in [0.15, 0.2) is 30.3 Å². The lowest BCUT2D eigenvalue weighted by atomic mass is 10.1. The first-order chi connectivity index (χ1) is 9.25. The molecule has 0 heterocycles. The number of nitrogens with one attached hydrogen (secondary N) is 1. The van der Waals surface area contributed by atoms with E-state index in [2.05, 4.69) is 17.4 Å². The van der Waals surface area contributed by atoms with Crippen LogP contribution in [-0.4, -0.2) is 23.7 Å². The number of carbonyl (C=O) groups is 1. The fraction of sp³-hybridized carbons (Fsp3) is 0.562. The first-order valence-corrected chi connectivity index (χ1v) is 7.24. The van der Waals surface area contributed by atoms with Gasteiger partial charge in [0.05, 0.1) is 6.10 Å². The maximum absolute atomic E-state index is 11.7. The lowest BCUT2D eigenvalue weighted by molar-refractivity contribution is -0.121. The molecule has 1 aromatic rings. The van der Waals surface area contributed by atoms with E-state index in [4.69, 9.17) is 0 Å². The van der Waals surface area contributed by atoms with Gasteiger partial charge in [-0.25, -0.2) is 0 Å². The van der Waals surface area contributed by atoms with Crippen molar-refractivity contribution in [1.29, 1.82) is 0 Å². The van der Waals surface area contributed by atoms with Crippen LogP contribution < -0.4 is 5.32 Å². The third-order valence-electron chi connectivity index (χ3n) is 3.89. The van der Waals surface area contributed by atoms with Gasteiger partial charge in [-0.3, -0.25) is 4.79 Å². The van der Waals surface area contributed by atoms with Gasteiger partial charge in [0.25, 0.3) is 0 Å². The summed E-state index contributed by atoms with van der Waals surface area (Å²) >= 11 is 0. The molecule has 0 spiro atoms. The average molecular weight is 261 g/mol. The standard InChI is InChI=1S/C16H23NO2/c18-15-10-5-9-14(15)12-17-16(19)11-4-8-13-6-2-1-3-7-13/h1-3,6-7,14-15,18H,4-5,8-12H2,(H,17,19)/t14-,15+/m0/s1. The highest BCUT2D eigenvalue weighted by Gasteiger charge is 2.25. The number of aliphatic hydroxyl groups excluding tert-OH is 1. The van der Waals surface area contributed by atoms with Crippen LogP contribution in [0.3, 0.4) is 0 Å². The van der Waals surface area contributed by atoms with E-state index in [1.54, 1.807) is 0 Å². The van der Waals surface area contributed by atoms with Gasteiger partial charge in [-0.15, -0.1) is 0 Å². The van der Waals surface area contributed by atoms with Gasteiger partial charge in [-0.2, -0.15) is 0 Å². The Kier molecular flexibility index (Phi) is 5.40. The van der Waals surface area contributed by atoms with E-state index in [0.717, 1.165) is 32.1 Å². The molecular formula is C16H23NO2. The maximum Gasteiger partial charge on any atom is 0.220 e. The Hall–Kier alpha value is -1.35. The summed E-state index contributed by atoms with van der Waals surface area (Å²) in [5.41, 5.74) is 1.28. The Balaban J connectivity index is 1.59. The van der Waals surface area contributed by atoms with Gasteiger partial charge in [-0.05, 0) is 31.2 Å². The zero-order valence-corrected chi connectivity index (χ0v) is 11.3. The summed E-state index contributed by atoms with van der Waals surface area (Å²) in [5.74, 6) is 0.369. The molecule has 1 fully saturated rings. The number of aliphatic hydroxyl groups is 1. The van der Waals surface area contributed by atoms with Crippen LogP contribution in [0, 0.1) is 5.92 Å². The molecule has 0 bridgehead atoms. The van der Waals surface area contributed by atoms with Gasteiger partial charge in [0.1, 0.15) is 0 Å². The molecule has 1 aliphatic rings. The zero-order valence-electron chi connectivity index (χ0n) is 11.3. The van der Waals surface area contributed by atoms with Crippen LogP contribution in [0.25, 0.3) is 0 Å². The van der Waals surface area contributed by atoms with Crippen LogP contribution in [-0.2, 0) is 11.2 Å². The molecule has 1 aromatic carbocycles. The van der Waals surface area contributed by atoms with Crippen molar-refractivity contribution < 1.29 is 9.90 Å². The summed E-state index contributed by atoms with van der Waals surface area (Å²) in [6, 6.07) is 10.2. The topological polar surface area (TPSA) is 49.3 Å². The van der Waals surface area contributed by atoms with Crippen molar-refractivity contribution in [2.75, 3.05) is 6.54 Å². The van der Waals surface area contributed by atoms with Crippen molar-refractivity contribution in [1.82, 2.24) is 5.32 Å². The number of hydrogen-bond donors (Lipinski definition) is 2. The fourth-order valence-corrected chi connectivity index (χ4v) is 2.69. The van der Waals surface area contributed by atoms with Crippen molar-refractivity contribution in [3.63, 3.8) is 0 Å². The Morgan fingerprint density at radius 3 is 2.74 bits per heavy atom. The molecule has 0 aliphatic heterocycles. The van der Waals surface area contributed by atoms with Crippen molar-refractivity contribution in [2.45, 2.75) is 44.6 Å². The van der Waals surface area contributed by atoms with E-state index in [1.165, 1.54) is 5.56 Å². The molecule has 2 atom stereocenters. The monoisotopic (exact) mass is 261 g/mol. The number of aryl methyl sites for hydroxylation is 1. The number of amides is 1. The summed E-state index contributed by atoms with van der Waals surface area (Å²) in [7, 11) is 0. The normalized spacial score (nSPS) is 22.4. The minimum atomic E-state index is -0.218. The van der Waals surface area contributed by atoms with Gasteiger partial charge >= 0.3 is 0 Å². The van der Waals surface area contributed by atoms with Crippen LogP contribution in [0.5, 0.6) is 0 Å². The molecule has 1 aliphatic carbocycles. The molecule has 3 nitrogen and oxygen atoms in total. The molecule has 0 aromatic heterocycles. The first kappa shape index (κ1) is 14.1. The van der Waals surface area contributed by atoms with Crippen LogP contribution in [0.4, 0.5) is 0 Å². The lowest BCUT2D eigenvalue weighted by Crippen LogP contribution is -2.32. The molecule has 3 heteroatoms. The fourth-order valence-electron chi connectivity index (χ4n) is 2.69. The van der Waals surface area contributed by atoms with E-state index in [9.17, 15) is 9.90 Å². The van der Waals surface area contributed by atoms with Gasteiger partial charge in [0, 0.05) is 18.9 Å². The molecule has 1 saturated carbocycles. The third-order valence-corrected chi connectivity index (χ3v) is 3.89. The SMILES string of the molecule is O=C(CCCc1ccccc1)NC[C@@H]1CCC[C@H]1O. The molecule has 1 amide bonds. The summed E-state index contributed by atoms with van der Waals surface area (Å²) in [6.45, 7) is 0.630. The smallest absolute Gasteiger partial charge is 0.220 e. The molecule has 0 radical (unpaired) electrons. The molecule has 0 unspecified atom stereocenters. The highest BCUT2D eigenvalue weighted by Crippen LogP contribution is 2.24. The summed E-state index contributed by atoms with van der Waals surface area (Å²) in [5, 5.41) is 12.6. The predicted octanol–water partition coefficient (Wildman–Crippen LogP) is 2.29. The largest absolute Gasteiger partial charge is 0.393 e. The maximum atomic E-state index is 11.7. The summed E-state index contributed by atoms with van der Waals surface area (Å²) in [4.78, 5) is 11.7. The molecular weight excluding hydrogens is 238 g/mol. The first-order valence-electron chi connectivity index (χ1n) is 7.24. The van der Waals surface area contributed by atoms with Crippen molar-refractivity contribution in [3.8, 4) is 0 Å². The summed E-state index contributed by atoms with van der Waals surface area (Å²) < 4.78 is 0. The molecule has 104 valence electrons. The average Bonchev–Trinajstić information content (AvgIpc) is 2.83. The van der Waals surface area contributed by atoms with Crippen molar-refractivity contribution in [3.05, 3.63) is 35.9 Å². The van der Waals surface area contributed by atoms with Gasteiger partial charge in [0.15, 0.2) is 0 Å². The Bertz CT molecular complexity index is 391. The van der Waals surface area contributed by atoms with Gasteiger partial charge in [0.2, 0.25) is 5.91 Å². The Morgan fingerprint density at radius 1 is 1.26 bits per heavy atom. The summed E-state index contributed by atoms with van der Waals surface area (Å²) in [6.07, 6.45) is 5.17. The number of carbonyl (C=O) groups excluding carboxylic acids is 1. The second kappa shape index (κ2) is 7.29. The molecule has 19 heavy (non-hydrogen) atoms. The Labute approximate surface area is 115 Å². The van der Waals surface area contributed by atoms with Gasteiger partial charge < -0.3 is 10.4 Å². The van der Waals surface area contributed by atoms with E-state index in [0.29, 0.717) is 13.0 Å². The second-order valence-corrected chi connectivity index (χ2v) is 5.40. The lowest BCUT2D eigenvalue weighted by Gasteiger charge is -2.14. The highest BCUT2D eigenvalue weighted by molar-refractivity contribution is 5.75. The number of rotatable bonds is 6. The number of hydrogen-bond acceptors (Lipinski definition) is 2. The minimum Gasteiger partial charge on any atom is -0.393 e. The van der Waals surface area contributed by atoms with Crippen molar-refractivity contribution >= 4 is 5.91 Å². The molecule has 2 rings (SSSR count). The van der Waals surface area contributed by atoms with E-state index in [-0.39, 0.29) is 17.9 Å². The third kappa shape index (κ3) is 4.67. The van der Waals surface area contributed by atoms with E-state index < -0.39 is 0 Å². The number of benzene rings is 1. The van der Waals surface area contributed by atoms with E-state index >= 15 is 0 Å². The van der Waals surface area contributed by atoms with Crippen LogP contribution in [0.2, 0.25) is 0 Å². The predicted molar refractivity (Wildman–Crippen MR) is 75.7 cm³/mol. The van der Waals surface area contributed by atoms with Crippen LogP contribution >= 0.6 is 0 Å².